The van der Waals surface area contributed by atoms with Crippen LogP contribution >= 0.6 is 0 Å². The molecule has 0 aromatic rings. The van der Waals surface area contributed by atoms with Gasteiger partial charge in [-0.1, -0.05) is 62.5 Å². The Morgan fingerprint density at radius 2 is 1.50 bits per heavy atom. The first-order valence-corrected chi connectivity index (χ1v) is 5.90. The normalized spacial score (nSPS) is 17.8. The molecule has 0 unspecified atom stereocenters. The monoisotopic (exact) mass is 212 g/mol. The van der Waals surface area contributed by atoms with Crippen LogP contribution in [-0.4, -0.2) is 0 Å². The maximum atomic E-state index is 2.18. The van der Waals surface area contributed by atoms with E-state index in [1.807, 2.05) is 13.8 Å². The first-order valence-electron chi connectivity index (χ1n) is 5.90. The lowest BCUT2D eigenvalue weighted by Gasteiger charge is -2.07. The van der Waals surface area contributed by atoms with Crippen molar-refractivity contribution >= 4 is 0 Å². The van der Waals surface area contributed by atoms with Gasteiger partial charge < -0.3 is 0 Å². The highest BCUT2D eigenvalue weighted by Crippen LogP contribution is 2.26. The Balaban J connectivity index is 0.000000606. The van der Waals surface area contributed by atoms with Crippen LogP contribution in [0.5, 0.6) is 0 Å². The summed E-state index contributed by atoms with van der Waals surface area (Å²) in [6.07, 6.45) is 17.0. The van der Waals surface area contributed by atoms with E-state index in [0.717, 1.165) is 0 Å². The Morgan fingerprint density at radius 3 is 2.25 bits per heavy atom. The first kappa shape index (κ1) is 12.5. The molecule has 2 aliphatic rings. The van der Waals surface area contributed by atoms with Crippen LogP contribution in [-0.2, 0) is 0 Å². The van der Waals surface area contributed by atoms with Crippen LogP contribution in [0.4, 0.5) is 0 Å². The molecule has 2 rings (SSSR count). The van der Waals surface area contributed by atoms with Gasteiger partial charge in [-0.05, 0) is 36.1 Å². The largest absolute Gasteiger partial charge is 0.0683 e. The second-order valence-corrected chi connectivity index (χ2v) is 3.61. The molecule has 0 nitrogen and oxygen atoms in total. The van der Waals surface area contributed by atoms with Gasteiger partial charge in [0.25, 0.3) is 0 Å². The third-order valence-corrected chi connectivity index (χ3v) is 2.69. The molecule has 0 aromatic carbocycles. The Hall–Kier alpha value is -1.56. The van der Waals surface area contributed by atoms with E-state index in [1.165, 1.54) is 22.3 Å². The molecular formula is C16H20. The van der Waals surface area contributed by atoms with Crippen molar-refractivity contribution in [1.82, 2.24) is 0 Å². The summed E-state index contributed by atoms with van der Waals surface area (Å²) in [7, 11) is 0. The van der Waals surface area contributed by atoms with Crippen LogP contribution in [0.15, 0.2) is 70.9 Å². The maximum Gasteiger partial charge on any atom is -0.0152 e. The molecule has 84 valence electrons. The predicted molar refractivity (Wildman–Crippen MR) is 73.3 cm³/mol. The van der Waals surface area contributed by atoms with Crippen molar-refractivity contribution in [2.24, 2.45) is 0 Å². The van der Waals surface area contributed by atoms with Crippen molar-refractivity contribution in [1.29, 1.82) is 0 Å². The highest BCUT2D eigenvalue weighted by atomic mass is 14.1. The molecule has 0 heteroatoms. The molecule has 0 N–H and O–H groups in total. The van der Waals surface area contributed by atoms with Gasteiger partial charge in [-0.25, -0.2) is 0 Å². The van der Waals surface area contributed by atoms with Crippen LogP contribution in [0.25, 0.3) is 0 Å². The molecule has 0 heterocycles. The van der Waals surface area contributed by atoms with E-state index < -0.39 is 0 Å². The summed E-state index contributed by atoms with van der Waals surface area (Å²) in [6, 6.07) is 0. The van der Waals surface area contributed by atoms with E-state index >= 15 is 0 Å². The summed E-state index contributed by atoms with van der Waals surface area (Å²) in [5.41, 5.74) is 5.32. The lowest BCUT2D eigenvalue weighted by Crippen LogP contribution is -1.88. The zero-order valence-electron chi connectivity index (χ0n) is 10.6. The van der Waals surface area contributed by atoms with Gasteiger partial charge in [0.15, 0.2) is 0 Å². The second kappa shape index (κ2) is 6.12. The standard InChI is InChI=1S/C14H14.C2H6/c1-11-7-6-9-13-8-4-3-5-10-14(13)12(11)2;1-2/h3-10H,1-2H3;1-2H3. The van der Waals surface area contributed by atoms with E-state index in [1.54, 1.807) is 0 Å². The zero-order valence-corrected chi connectivity index (χ0v) is 10.6. The third kappa shape index (κ3) is 2.73. The molecule has 0 amide bonds. The number of fused-ring (bicyclic) bond motifs is 1. The Labute approximate surface area is 99.1 Å². The fourth-order valence-corrected chi connectivity index (χ4v) is 1.68. The van der Waals surface area contributed by atoms with Gasteiger partial charge in [0.1, 0.15) is 0 Å². The van der Waals surface area contributed by atoms with E-state index in [-0.39, 0.29) is 0 Å². The molecule has 0 spiro atoms. The van der Waals surface area contributed by atoms with Crippen LogP contribution in [0.3, 0.4) is 0 Å². The third-order valence-electron chi connectivity index (χ3n) is 2.69. The summed E-state index contributed by atoms with van der Waals surface area (Å²) in [5, 5.41) is 0. The van der Waals surface area contributed by atoms with Gasteiger partial charge in [0.05, 0.1) is 0 Å². The molecule has 0 radical (unpaired) electrons. The average Bonchev–Trinajstić information content (AvgIpc) is 2.61. The Kier molecular flexibility index (Phi) is 4.78. The van der Waals surface area contributed by atoms with Gasteiger partial charge >= 0.3 is 0 Å². The minimum absolute atomic E-state index is 1.29. The lowest BCUT2D eigenvalue weighted by atomic mass is 9.98. The molecular weight excluding hydrogens is 192 g/mol. The van der Waals surface area contributed by atoms with Gasteiger partial charge in [0.2, 0.25) is 0 Å². The fourth-order valence-electron chi connectivity index (χ4n) is 1.68. The molecule has 0 atom stereocenters. The lowest BCUT2D eigenvalue weighted by molar-refractivity contribution is 1.31. The quantitative estimate of drug-likeness (QED) is 0.536. The summed E-state index contributed by atoms with van der Waals surface area (Å²) < 4.78 is 0. The second-order valence-electron chi connectivity index (χ2n) is 3.61. The molecule has 0 saturated carbocycles. The minimum atomic E-state index is 1.29. The highest BCUT2D eigenvalue weighted by molar-refractivity contribution is 5.58. The molecule has 0 bridgehead atoms. The highest BCUT2D eigenvalue weighted by Gasteiger charge is 2.07. The van der Waals surface area contributed by atoms with E-state index in [4.69, 9.17) is 0 Å². The fraction of sp³-hybridized carbons (Fsp3) is 0.250. The molecule has 0 aliphatic heterocycles. The summed E-state index contributed by atoms with van der Waals surface area (Å²) in [6.45, 7) is 8.33. The number of hydrogen-bond acceptors (Lipinski definition) is 0. The van der Waals surface area contributed by atoms with E-state index in [2.05, 4.69) is 62.5 Å². The summed E-state index contributed by atoms with van der Waals surface area (Å²) in [4.78, 5) is 0. The van der Waals surface area contributed by atoms with Crippen LogP contribution < -0.4 is 0 Å². The number of hydrogen-bond donors (Lipinski definition) is 0. The van der Waals surface area contributed by atoms with Crippen molar-refractivity contribution in [2.75, 3.05) is 0 Å². The van der Waals surface area contributed by atoms with Gasteiger partial charge in [-0.2, -0.15) is 0 Å². The van der Waals surface area contributed by atoms with Crippen molar-refractivity contribution in [3.8, 4) is 0 Å². The van der Waals surface area contributed by atoms with Crippen molar-refractivity contribution in [3.63, 3.8) is 0 Å². The first-order chi connectivity index (χ1) is 7.79. The van der Waals surface area contributed by atoms with Crippen molar-refractivity contribution in [2.45, 2.75) is 27.7 Å². The summed E-state index contributed by atoms with van der Waals surface area (Å²) >= 11 is 0. The average molecular weight is 212 g/mol. The predicted octanol–water partition coefficient (Wildman–Crippen LogP) is 4.90. The van der Waals surface area contributed by atoms with E-state index in [9.17, 15) is 0 Å². The smallest absolute Gasteiger partial charge is 0.0152 e. The summed E-state index contributed by atoms with van der Waals surface area (Å²) in [5.74, 6) is 0. The Bertz CT molecular complexity index is 421. The molecule has 2 aliphatic carbocycles. The van der Waals surface area contributed by atoms with Gasteiger partial charge in [-0.15, -0.1) is 0 Å². The van der Waals surface area contributed by atoms with Gasteiger partial charge in [0, 0.05) is 0 Å². The van der Waals surface area contributed by atoms with Crippen molar-refractivity contribution < 1.29 is 0 Å². The van der Waals surface area contributed by atoms with Crippen molar-refractivity contribution in [3.05, 3.63) is 70.9 Å². The number of rotatable bonds is 0. The Morgan fingerprint density at radius 1 is 0.750 bits per heavy atom. The van der Waals surface area contributed by atoms with Crippen LogP contribution in [0.1, 0.15) is 27.7 Å². The molecule has 16 heavy (non-hydrogen) atoms. The maximum absolute atomic E-state index is 2.18. The van der Waals surface area contributed by atoms with Gasteiger partial charge in [-0.3, -0.25) is 0 Å². The molecule has 0 saturated heterocycles. The number of allylic oxidation sites excluding steroid dienone is 12. The SMILES string of the molecule is CC.CC1=CC=CC2=CC=CC=CC2=C1C. The topological polar surface area (TPSA) is 0 Å². The molecule has 0 aromatic heterocycles. The minimum Gasteiger partial charge on any atom is -0.0683 e. The molecule has 0 fully saturated rings. The van der Waals surface area contributed by atoms with E-state index in [0.29, 0.717) is 0 Å². The zero-order chi connectivity index (χ0) is 12.0. The van der Waals surface area contributed by atoms with Crippen LogP contribution in [0.2, 0.25) is 0 Å². The van der Waals surface area contributed by atoms with Crippen LogP contribution in [0, 0.1) is 0 Å².